The quantitative estimate of drug-likeness (QED) is 0.277. The minimum absolute atomic E-state index is 0. The van der Waals surface area contributed by atoms with Gasteiger partial charge in [-0.15, -0.1) is 22.3 Å². The van der Waals surface area contributed by atoms with Crippen LogP contribution in [0, 0.1) is 26.0 Å². The van der Waals surface area contributed by atoms with E-state index in [9.17, 15) is 0 Å². The van der Waals surface area contributed by atoms with Gasteiger partial charge in [0.05, 0.1) is 0 Å². The number of fused-ring (bicyclic) bond motifs is 6. The van der Waals surface area contributed by atoms with Crippen LogP contribution in [0.2, 0.25) is 0 Å². The van der Waals surface area contributed by atoms with E-state index in [4.69, 9.17) is 0 Å². The summed E-state index contributed by atoms with van der Waals surface area (Å²) in [7, 11) is 0. The van der Waals surface area contributed by atoms with Gasteiger partial charge < -0.3 is 9.41 Å². The molecule has 2 aliphatic rings. The molecule has 0 amide bonds. The first kappa shape index (κ1) is 24.9. The van der Waals surface area contributed by atoms with Crippen LogP contribution in [0.4, 0.5) is 0 Å². The Kier molecular flexibility index (Phi) is 8.26. The topological polar surface area (TPSA) is 0 Å². The van der Waals surface area contributed by atoms with Gasteiger partial charge in [0.2, 0.25) is 0 Å². The van der Waals surface area contributed by atoms with Gasteiger partial charge >= 0.3 is 26.2 Å². The van der Waals surface area contributed by atoms with Crippen molar-refractivity contribution in [3.63, 3.8) is 0 Å². The van der Waals surface area contributed by atoms with Crippen LogP contribution in [0.3, 0.4) is 0 Å². The summed E-state index contributed by atoms with van der Waals surface area (Å²) in [6.45, 7) is 4.20. The molecule has 0 aromatic heterocycles. The fourth-order valence-electron chi connectivity index (χ4n) is 4.35. The summed E-state index contributed by atoms with van der Waals surface area (Å²) in [5.41, 5.74) is 13.6. The Morgan fingerprint density at radius 3 is 1.32 bits per heavy atom. The normalized spacial score (nSPS) is 11.2. The molecule has 0 radical (unpaired) electrons. The molecule has 6 rings (SSSR count). The molecular weight excluding hydrogens is 466 g/mol. The molecule has 0 nitrogen and oxygen atoms in total. The number of benzene rings is 4. The van der Waals surface area contributed by atoms with Crippen molar-refractivity contribution in [1.82, 2.24) is 0 Å². The second kappa shape index (κ2) is 10.3. The summed E-state index contributed by atoms with van der Waals surface area (Å²) in [6.07, 6.45) is 2.10. The second-order valence-electron chi connectivity index (χ2n) is 7.73. The summed E-state index contributed by atoms with van der Waals surface area (Å²) < 4.78 is 0. The van der Waals surface area contributed by atoms with Gasteiger partial charge in [0.25, 0.3) is 0 Å². The molecule has 0 atom stereocenters. The van der Waals surface area contributed by atoms with Crippen LogP contribution in [0.25, 0.3) is 22.3 Å². The Hall–Kier alpha value is -2.38. The summed E-state index contributed by atoms with van der Waals surface area (Å²) in [5.74, 6) is 0. The van der Waals surface area contributed by atoms with Crippen LogP contribution < -0.4 is 9.41 Å². The van der Waals surface area contributed by atoms with E-state index >= 15 is 0 Å². The molecule has 0 heterocycles. The molecule has 0 N–H and O–H groups in total. The molecular formula is C28H22F2Zr. The van der Waals surface area contributed by atoms with Gasteiger partial charge in [-0.2, -0.15) is 47.5 Å². The van der Waals surface area contributed by atoms with Crippen molar-refractivity contribution in [2.45, 2.75) is 26.7 Å². The first-order valence-corrected chi connectivity index (χ1v) is 9.89. The van der Waals surface area contributed by atoms with Gasteiger partial charge in [0.1, 0.15) is 0 Å². The molecule has 4 aromatic rings. The van der Waals surface area contributed by atoms with Gasteiger partial charge in [0.15, 0.2) is 0 Å². The van der Waals surface area contributed by atoms with Gasteiger partial charge in [-0.25, -0.2) is 0 Å². The first-order valence-electron chi connectivity index (χ1n) is 9.89. The van der Waals surface area contributed by atoms with E-state index in [1.54, 1.807) is 0 Å². The van der Waals surface area contributed by atoms with E-state index in [1.807, 2.05) is 0 Å². The Morgan fingerprint density at radius 2 is 0.903 bits per heavy atom. The smallest absolute Gasteiger partial charge is 1.00 e. The van der Waals surface area contributed by atoms with Crippen molar-refractivity contribution >= 4 is 0 Å². The summed E-state index contributed by atoms with van der Waals surface area (Å²) >= 11 is 0. The zero-order chi connectivity index (χ0) is 19.1. The van der Waals surface area contributed by atoms with Crippen LogP contribution >= 0.6 is 0 Å². The maximum absolute atomic E-state index is 3.43. The van der Waals surface area contributed by atoms with Crippen LogP contribution in [0.15, 0.2) is 72.8 Å². The van der Waals surface area contributed by atoms with Crippen molar-refractivity contribution in [3.8, 4) is 22.3 Å². The maximum Gasteiger partial charge on any atom is 4.00 e. The standard InChI is InChI=1S/2C14H11.2FH.Zr/c2*1-10-6-7-14-12(8-10)9-11-4-2-3-5-13(11)14;;;/h2*2-7H,9H2,1H3;2*1H;/q2*-1;;;+4/p-2. The third-order valence-corrected chi connectivity index (χ3v) is 5.70. The zero-order valence-electron chi connectivity index (χ0n) is 17.6. The van der Waals surface area contributed by atoms with Crippen molar-refractivity contribution in [1.29, 1.82) is 0 Å². The predicted molar refractivity (Wildman–Crippen MR) is 117 cm³/mol. The Labute approximate surface area is 202 Å². The van der Waals surface area contributed by atoms with E-state index in [0.717, 1.165) is 12.8 Å². The summed E-state index contributed by atoms with van der Waals surface area (Å²) in [4.78, 5) is 0. The maximum atomic E-state index is 3.43. The van der Waals surface area contributed by atoms with Crippen LogP contribution in [-0.4, -0.2) is 0 Å². The van der Waals surface area contributed by atoms with Crippen LogP contribution in [-0.2, 0) is 39.0 Å². The molecule has 0 bridgehead atoms. The summed E-state index contributed by atoms with van der Waals surface area (Å²) in [6, 6.07) is 32.8. The van der Waals surface area contributed by atoms with Gasteiger partial charge in [0, 0.05) is 0 Å². The number of halogens is 2. The molecule has 31 heavy (non-hydrogen) atoms. The third-order valence-electron chi connectivity index (χ3n) is 5.70. The van der Waals surface area contributed by atoms with Gasteiger partial charge in [-0.3, -0.25) is 0 Å². The predicted octanol–water partition coefficient (Wildman–Crippen LogP) is 0.738. The molecule has 2 aliphatic carbocycles. The van der Waals surface area contributed by atoms with Crippen molar-refractivity contribution in [2.24, 2.45) is 0 Å². The van der Waals surface area contributed by atoms with E-state index in [2.05, 4.69) is 98.8 Å². The van der Waals surface area contributed by atoms with Crippen molar-refractivity contribution in [3.05, 3.63) is 118 Å². The molecule has 0 saturated heterocycles. The molecule has 0 unspecified atom stereocenters. The van der Waals surface area contributed by atoms with Crippen LogP contribution in [0.5, 0.6) is 0 Å². The minimum Gasteiger partial charge on any atom is -1.00 e. The first-order chi connectivity index (χ1) is 13.7. The van der Waals surface area contributed by atoms with Crippen molar-refractivity contribution in [2.75, 3.05) is 0 Å². The van der Waals surface area contributed by atoms with E-state index < -0.39 is 0 Å². The SMILES string of the molecule is Cc1[c-]c2c(cc1)-c1ccccc1C2.Cc1[c-]c2c(cc1)-c1ccccc1C2.[F-].[F-].[Zr+4]. The number of aryl methyl sites for hydroxylation is 2. The van der Waals surface area contributed by atoms with Crippen molar-refractivity contribution < 1.29 is 35.6 Å². The third kappa shape index (κ3) is 4.78. The fraction of sp³-hybridized carbons (Fsp3) is 0.143. The van der Waals surface area contributed by atoms with Gasteiger partial charge in [-0.1, -0.05) is 84.6 Å². The van der Waals surface area contributed by atoms with Gasteiger partial charge in [-0.05, 0) is 12.8 Å². The second-order valence-corrected chi connectivity index (χ2v) is 7.73. The monoisotopic (exact) mass is 486 g/mol. The van der Waals surface area contributed by atoms with E-state index in [-0.39, 0.29) is 35.6 Å². The Bertz CT molecular complexity index is 1100. The zero-order valence-corrected chi connectivity index (χ0v) is 20.1. The molecule has 0 fully saturated rings. The average Bonchev–Trinajstić information content (AvgIpc) is 3.25. The molecule has 0 saturated carbocycles. The number of rotatable bonds is 0. The molecule has 4 aromatic carbocycles. The molecule has 3 heteroatoms. The minimum atomic E-state index is 0. The largest absolute Gasteiger partial charge is 4.00 e. The number of hydrogen-bond acceptors (Lipinski definition) is 0. The van der Waals surface area contributed by atoms with E-state index in [0.29, 0.717) is 0 Å². The summed E-state index contributed by atoms with van der Waals surface area (Å²) in [5, 5.41) is 0. The van der Waals surface area contributed by atoms with Crippen LogP contribution in [0.1, 0.15) is 33.4 Å². The Balaban J connectivity index is 0.000000201. The molecule has 152 valence electrons. The Morgan fingerprint density at radius 1 is 0.516 bits per heavy atom. The average molecular weight is 488 g/mol. The fourth-order valence-corrected chi connectivity index (χ4v) is 4.35. The molecule has 0 spiro atoms. The van der Waals surface area contributed by atoms with E-state index in [1.165, 1.54) is 55.6 Å². The molecule has 0 aliphatic heterocycles. The number of hydrogen-bond donors (Lipinski definition) is 0.